The molecule has 7 nitrogen and oxygen atoms in total. The molecule has 25 heavy (non-hydrogen) atoms. The van der Waals surface area contributed by atoms with Gasteiger partial charge in [0.15, 0.2) is 11.5 Å². The monoisotopic (exact) mass is 338 g/mol. The molecule has 2 N–H and O–H groups in total. The summed E-state index contributed by atoms with van der Waals surface area (Å²) in [4.78, 5) is 12.3. The average molecular weight is 338 g/mol. The van der Waals surface area contributed by atoms with Crippen LogP contribution in [0.25, 0.3) is 11.3 Å². The van der Waals surface area contributed by atoms with Crippen molar-refractivity contribution in [3.05, 3.63) is 60.0 Å². The zero-order valence-electron chi connectivity index (χ0n) is 13.5. The number of hydrogen-bond donors (Lipinski definition) is 2. The van der Waals surface area contributed by atoms with E-state index in [-0.39, 0.29) is 30.3 Å². The highest BCUT2D eigenvalue weighted by atomic mass is 16.5. The molecule has 3 aromatic rings. The first-order valence-electron chi connectivity index (χ1n) is 8.21. The van der Waals surface area contributed by atoms with Crippen LogP contribution < -0.4 is 5.32 Å². The topological polar surface area (TPSA) is 93.2 Å². The standard InChI is InChI=1S/C18H18N4O3/c23-11-13-6-7-22(20-13)15-8-14(9-15)19-18(24)16-10-17(25-21-16)12-4-2-1-3-5-12/h1-7,10,14-15,23H,8-9,11H2,(H,19,24). The van der Waals surface area contributed by atoms with Crippen molar-refractivity contribution in [3.63, 3.8) is 0 Å². The molecule has 1 amide bonds. The van der Waals surface area contributed by atoms with Gasteiger partial charge in [0.1, 0.15) is 0 Å². The van der Waals surface area contributed by atoms with Gasteiger partial charge in [0.25, 0.3) is 5.91 Å². The Kier molecular flexibility index (Phi) is 4.07. The Morgan fingerprint density at radius 1 is 1.28 bits per heavy atom. The zero-order chi connectivity index (χ0) is 17.2. The molecule has 7 heteroatoms. The van der Waals surface area contributed by atoms with E-state index in [2.05, 4.69) is 15.6 Å². The summed E-state index contributed by atoms with van der Waals surface area (Å²) >= 11 is 0. The maximum atomic E-state index is 12.3. The average Bonchev–Trinajstić information content (AvgIpc) is 3.27. The second-order valence-electron chi connectivity index (χ2n) is 6.18. The minimum absolute atomic E-state index is 0.0597. The fraction of sp³-hybridized carbons (Fsp3) is 0.278. The maximum absolute atomic E-state index is 12.3. The summed E-state index contributed by atoms with van der Waals surface area (Å²) in [6.45, 7) is -0.0597. The van der Waals surface area contributed by atoms with Gasteiger partial charge in [-0.3, -0.25) is 9.48 Å². The van der Waals surface area contributed by atoms with Crippen molar-refractivity contribution in [2.75, 3.05) is 0 Å². The molecule has 0 unspecified atom stereocenters. The lowest BCUT2D eigenvalue weighted by atomic mass is 9.87. The van der Waals surface area contributed by atoms with Crippen molar-refractivity contribution < 1.29 is 14.4 Å². The summed E-state index contributed by atoms with van der Waals surface area (Å²) in [5, 5.41) is 20.2. The molecule has 0 aliphatic heterocycles. The number of aliphatic hydroxyl groups is 1. The summed E-state index contributed by atoms with van der Waals surface area (Å²) in [5.74, 6) is 0.344. The number of aliphatic hydroxyl groups excluding tert-OH is 1. The number of carbonyl (C=O) groups is 1. The van der Waals surface area contributed by atoms with E-state index in [1.807, 2.05) is 41.2 Å². The molecule has 1 aliphatic rings. The van der Waals surface area contributed by atoms with Crippen molar-refractivity contribution in [2.24, 2.45) is 0 Å². The first-order valence-corrected chi connectivity index (χ1v) is 8.21. The molecule has 1 saturated carbocycles. The number of hydrogen-bond acceptors (Lipinski definition) is 5. The molecule has 128 valence electrons. The van der Waals surface area contributed by atoms with E-state index in [0.717, 1.165) is 18.4 Å². The van der Waals surface area contributed by atoms with Crippen molar-refractivity contribution in [3.8, 4) is 11.3 Å². The Balaban J connectivity index is 1.34. The number of nitrogens with one attached hydrogen (secondary N) is 1. The van der Waals surface area contributed by atoms with Gasteiger partial charge in [-0.15, -0.1) is 0 Å². The van der Waals surface area contributed by atoms with E-state index < -0.39 is 0 Å². The molecule has 1 aliphatic carbocycles. The van der Waals surface area contributed by atoms with Gasteiger partial charge in [-0.25, -0.2) is 0 Å². The third kappa shape index (κ3) is 3.18. The number of amides is 1. The molecule has 0 bridgehead atoms. The molecule has 0 atom stereocenters. The molecule has 0 radical (unpaired) electrons. The molecule has 1 fully saturated rings. The number of aromatic nitrogens is 3. The number of rotatable bonds is 5. The van der Waals surface area contributed by atoms with E-state index >= 15 is 0 Å². The summed E-state index contributed by atoms with van der Waals surface area (Å²) in [6, 6.07) is 13.3. The molecular weight excluding hydrogens is 320 g/mol. The van der Waals surface area contributed by atoms with Gasteiger partial charge < -0.3 is 14.9 Å². The van der Waals surface area contributed by atoms with Crippen molar-refractivity contribution in [2.45, 2.75) is 31.5 Å². The first-order chi connectivity index (χ1) is 12.2. The van der Waals surface area contributed by atoms with E-state index in [1.54, 1.807) is 12.1 Å². The highest BCUT2D eigenvalue weighted by Crippen LogP contribution is 2.32. The quantitative estimate of drug-likeness (QED) is 0.744. The molecule has 1 aromatic carbocycles. The maximum Gasteiger partial charge on any atom is 0.273 e. The minimum Gasteiger partial charge on any atom is -0.390 e. The lowest BCUT2D eigenvalue weighted by Crippen LogP contribution is -2.45. The smallest absolute Gasteiger partial charge is 0.273 e. The predicted octanol–water partition coefficient (Wildman–Crippen LogP) is 2.16. The van der Waals surface area contributed by atoms with Crippen LogP contribution in [0.1, 0.15) is 35.1 Å². The van der Waals surface area contributed by atoms with Gasteiger partial charge in [0.2, 0.25) is 0 Å². The van der Waals surface area contributed by atoms with E-state index in [4.69, 9.17) is 9.63 Å². The van der Waals surface area contributed by atoms with Crippen LogP contribution >= 0.6 is 0 Å². The minimum atomic E-state index is -0.231. The summed E-state index contributed by atoms with van der Waals surface area (Å²) in [6.07, 6.45) is 3.47. The largest absolute Gasteiger partial charge is 0.390 e. The number of benzene rings is 1. The SMILES string of the molecule is O=C(NC1CC(n2ccc(CO)n2)C1)c1cc(-c2ccccc2)on1. The van der Waals surface area contributed by atoms with E-state index in [1.165, 1.54) is 0 Å². The molecule has 2 aromatic heterocycles. The lowest BCUT2D eigenvalue weighted by Gasteiger charge is -2.35. The predicted molar refractivity (Wildman–Crippen MR) is 89.6 cm³/mol. The second kappa shape index (κ2) is 6.52. The van der Waals surface area contributed by atoms with Crippen LogP contribution in [-0.4, -0.2) is 32.0 Å². The summed E-state index contributed by atoms with van der Waals surface area (Å²) < 4.78 is 7.11. The Labute approximate surface area is 144 Å². The molecule has 0 saturated heterocycles. The highest BCUT2D eigenvalue weighted by Gasteiger charge is 2.32. The van der Waals surface area contributed by atoms with Gasteiger partial charge in [0.05, 0.1) is 18.3 Å². The van der Waals surface area contributed by atoms with Crippen LogP contribution in [0, 0.1) is 0 Å². The molecule has 4 rings (SSSR count). The molecular formula is C18H18N4O3. The third-order valence-corrected chi connectivity index (χ3v) is 4.45. The summed E-state index contributed by atoms with van der Waals surface area (Å²) in [7, 11) is 0. The normalized spacial score (nSPS) is 19.4. The first kappa shape index (κ1) is 15.6. The fourth-order valence-electron chi connectivity index (χ4n) is 2.97. The number of carbonyl (C=O) groups excluding carboxylic acids is 1. The Bertz CT molecular complexity index is 865. The zero-order valence-corrected chi connectivity index (χ0v) is 13.5. The highest BCUT2D eigenvalue weighted by molar-refractivity contribution is 5.93. The van der Waals surface area contributed by atoms with Gasteiger partial charge in [-0.2, -0.15) is 5.10 Å². The third-order valence-electron chi connectivity index (χ3n) is 4.45. The lowest BCUT2D eigenvalue weighted by molar-refractivity contribution is 0.0879. The van der Waals surface area contributed by atoms with Gasteiger partial charge in [0, 0.05) is 23.9 Å². The second-order valence-corrected chi connectivity index (χ2v) is 6.18. The van der Waals surface area contributed by atoms with Gasteiger partial charge in [-0.05, 0) is 18.9 Å². The van der Waals surface area contributed by atoms with E-state index in [9.17, 15) is 4.79 Å². The Morgan fingerprint density at radius 2 is 2.08 bits per heavy atom. The Morgan fingerprint density at radius 3 is 2.80 bits per heavy atom. The van der Waals surface area contributed by atoms with E-state index in [0.29, 0.717) is 11.5 Å². The summed E-state index contributed by atoms with van der Waals surface area (Å²) in [5.41, 5.74) is 1.82. The fourth-order valence-corrected chi connectivity index (χ4v) is 2.97. The van der Waals surface area contributed by atoms with Crippen LogP contribution in [0.5, 0.6) is 0 Å². The van der Waals surface area contributed by atoms with Gasteiger partial charge >= 0.3 is 0 Å². The van der Waals surface area contributed by atoms with Crippen molar-refractivity contribution in [1.29, 1.82) is 0 Å². The van der Waals surface area contributed by atoms with Crippen LogP contribution in [0.4, 0.5) is 0 Å². The Hall–Kier alpha value is -2.93. The van der Waals surface area contributed by atoms with Crippen LogP contribution in [-0.2, 0) is 6.61 Å². The number of nitrogens with zero attached hydrogens (tertiary/aromatic N) is 3. The van der Waals surface area contributed by atoms with Crippen molar-refractivity contribution >= 4 is 5.91 Å². The van der Waals surface area contributed by atoms with Crippen LogP contribution in [0.3, 0.4) is 0 Å². The van der Waals surface area contributed by atoms with Crippen LogP contribution in [0.2, 0.25) is 0 Å². The molecule has 2 heterocycles. The molecule has 0 spiro atoms. The van der Waals surface area contributed by atoms with Crippen molar-refractivity contribution in [1.82, 2.24) is 20.3 Å². The van der Waals surface area contributed by atoms with Crippen LogP contribution in [0.15, 0.2) is 53.2 Å². The van der Waals surface area contributed by atoms with Gasteiger partial charge in [-0.1, -0.05) is 35.5 Å².